The normalized spacial score (nSPS) is 17.5. The Morgan fingerprint density at radius 3 is 2.39 bits per heavy atom. The summed E-state index contributed by atoms with van der Waals surface area (Å²) in [5.74, 6) is 0.411. The Labute approximate surface area is 116 Å². The van der Waals surface area contributed by atoms with Crippen molar-refractivity contribution in [3.8, 4) is 0 Å². The summed E-state index contributed by atoms with van der Waals surface area (Å²) in [6.07, 6.45) is 2.36. The highest BCUT2D eigenvalue weighted by molar-refractivity contribution is 9.10. The summed E-state index contributed by atoms with van der Waals surface area (Å²) >= 11 is 3.55. The maximum Gasteiger partial charge on any atom is 0.0281 e. The van der Waals surface area contributed by atoms with E-state index in [0.717, 1.165) is 4.47 Å². The van der Waals surface area contributed by atoms with Crippen molar-refractivity contribution in [2.45, 2.75) is 19.8 Å². The minimum atomic E-state index is 0.411. The highest BCUT2D eigenvalue weighted by Crippen LogP contribution is 2.40. The minimum absolute atomic E-state index is 0.411. The predicted molar refractivity (Wildman–Crippen MR) is 80.8 cm³/mol. The van der Waals surface area contributed by atoms with Gasteiger partial charge in [0.25, 0.3) is 0 Å². The molecule has 0 N–H and O–H groups in total. The summed E-state index contributed by atoms with van der Waals surface area (Å²) in [5, 5.41) is 0. The molecule has 1 heteroatoms. The van der Waals surface area contributed by atoms with Gasteiger partial charge in [0.2, 0.25) is 0 Å². The van der Waals surface area contributed by atoms with Gasteiger partial charge in [-0.05, 0) is 48.2 Å². The molecule has 18 heavy (non-hydrogen) atoms. The van der Waals surface area contributed by atoms with Crippen molar-refractivity contribution in [2.24, 2.45) is 0 Å². The molecule has 1 atom stereocenters. The lowest BCUT2D eigenvalue weighted by molar-refractivity contribution is 1.05. The monoisotopic (exact) mass is 298 g/mol. The molecule has 0 spiro atoms. The van der Waals surface area contributed by atoms with Gasteiger partial charge in [0.05, 0.1) is 0 Å². The van der Waals surface area contributed by atoms with Gasteiger partial charge in [-0.2, -0.15) is 0 Å². The second-order valence-corrected chi connectivity index (χ2v) is 5.89. The second kappa shape index (κ2) is 4.40. The van der Waals surface area contributed by atoms with Gasteiger partial charge in [-0.25, -0.2) is 0 Å². The van der Waals surface area contributed by atoms with E-state index in [0.29, 0.717) is 5.92 Å². The molecule has 2 aromatic rings. The molecule has 3 rings (SSSR count). The zero-order valence-electron chi connectivity index (χ0n) is 10.6. The molecule has 1 aliphatic rings. The third-order valence-corrected chi connectivity index (χ3v) is 4.12. The smallest absolute Gasteiger partial charge is 0.0281 e. The Kier molecular flexibility index (Phi) is 2.87. The van der Waals surface area contributed by atoms with Crippen LogP contribution in [0.5, 0.6) is 0 Å². The zero-order chi connectivity index (χ0) is 12.7. The van der Waals surface area contributed by atoms with E-state index in [1.807, 2.05) is 0 Å². The molecule has 0 radical (unpaired) electrons. The van der Waals surface area contributed by atoms with Crippen LogP contribution in [-0.2, 0) is 0 Å². The van der Waals surface area contributed by atoms with Crippen LogP contribution in [0.1, 0.15) is 35.1 Å². The molecule has 0 amide bonds. The van der Waals surface area contributed by atoms with Crippen LogP contribution in [0.3, 0.4) is 0 Å². The van der Waals surface area contributed by atoms with Crippen molar-refractivity contribution < 1.29 is 0 Å². The molecule has 1 aliphatic carbocycles. The summed E-state index contributed by atoms with van der Waals surface area (Å²) in [7, 11) is 0. The van der Waals surface area contributed by atoms with E-state index in [9.17, 15) is 0 Å². The first kappa shape index (κ1) is 11.7. The van der Waals surface area contributed by atoms with Gasteiger partial charge in [-0.15, -0.1) is 0 Å². The van der Waals surface area contributed by atoms with Crippen molar-refractivity contribution in [2.75, 3.05) is 0 Å². The van der Waals surface area contributed by atoms with Crippen LogP contribution < -0.4 is 0 Å². The highest BCUT2D eigenvalue weighted by atomic mass is 79.9. The molecule has 0 heterocycles. The molecule has 0 nitrogen and oxygen atoms in total. The predicted octanol–water partition coefficient (Wildman–Crippen LogP) is 5.31. The van der Waals surface area contributed by atoms with E-state index in [-0.39, 0.29) is 0 Å². The summed E-state index contributed by atoms with van der Waals surface area (Å²) in [6.45, 7) is 4.32. The molecule has 1 unspecified atom stereocenters. The third-order valence-electron chi connectivity index (χ3n) is 3.63. The fraction of sp³-hybridized carbons (Fsp3) is 0.176. The van der Waals surface area contributed by atoms with Gasteiger partial charge in [0.1, 0.15) is 0 Å². The first-order chi connectivity index (χ1) is 8.65. The lowest BCUT2D eigenvalue weighted by Crippen LogP contribution is -1.95. The van der Waals surface area contributed by atoms with Crippen molar-refractivity contribution in [3.05, 3.63) is 75.3 Å². The van der Waals surface area contributed by atoms with E-state index in [1.165, 1.54) is 27.8 Å². The Hall–Kier alpha value is -1.34. The number of halogens is 1. The maximum absolute atomic E-state index is 3.55. The van der Waals surface area contributed by atoms with Gasteiger partial charge >= 0.3 is 0 Å². The van der Waals surface area contributed by atoms with E-state index in [1.54, 1.807) is 0 Å². The number of rotatable bonds is 1. The van der Waals surface area contributed by atoms with Crippen LogP contribution in [0.2, 0.25) is 0 Å². The Bertz CT molecular complexity index is 621. The standard InChI is InChI=1S/C17H15Br/c1-11-3-5-13(6-4-11)17-9-12(2)16-10-14(18)7-8-15(16)17/h3-10,17H,1-2H3. The van der Waals surface area contributed by atoms with E-state index < -0.39 is 0 Å². The van der Waals surface area contributed by atoms with Crippen LogP contribution in [0.4, 0.5) is 0 Å². The highest BCUT2D eigenvalue weighted by Gasteiger charge is 2.22. The van der Waals surface area contributed by atoms with E-state index >= 15 is 0 Å². The zero-order valence-corrected chi connectivity index (χ0v) is 12.2. The Morgan fingerprint density at radius 1 is 0.944 bits per heavy atom. The topological polar surface area (TPSA) is 0 Å². The number of hydrogen-bond donors (Lipinski definition) is 0. The quantitative estimate of drug-likeness (QED) is 0.669. The molecule has 90 valence electrons. The molecular formula is C17H15Br. The fourth-order valence-electron chi connectivity index (χ4n) is 2.62. The van der Waals surface area contributed by atoms with Crippen LogP contribution >= 0.6 is 15.9 Å². The van der Waals surface area contributed by atoms with Crippen molar-refractivity contribution >= 4 is 21.5 Å². The first-order valence-corrected chi connectivity index (χ1v) is 6.99. The van der Waals surface area contributed by atoms with Crippen molar-refractivity contribution in [1.82, 2.24) is 0 Å². The van der Waals surface area contributed by atoms with Gasteiger partial charge in [-0.3, -0.25) is 0 Å². The molecule has 0 fully saturated rings. The molecule has 0 saturated heterocycles. The Balaban J connectivity index is 2.10. The van der Waals surface area contributed by atoms with Gasteiger partial charge in [0.15, 0.2) is 0 Å². The average Bonchev–Trinajstić information content (AvgIpc) is 2.68. The van der Waals surface area contributed by atoms with Crippen LogP contribution in [0.15, 0.2) is 53.0 Å². The largest absolute Gasteiger partial charge is 0.0691 e. The summed E-state index contributed by atoms with van der Waals surface area (Å²) in [4.78, 5) is 0. The number of fused-ring (bicyclic) bond motifs is 1. The van der Waals surface area contributed by atoms with Crippen LogP contribution in [0.25, 0.3) is 5.57 Å². The number of hydrogen-bond acceptors (Lipinski definition) is 0. The van der Waals surface area contributed by atoms with Gasteiger partial charge in [0, 0.05) is 10.4 Å². The maximum atomic E-state index is 3.55. The second-order valence-electron chi connectivity index (χ2n) is 4.97. The summed E-state index contributed by atoms with van der Waals surface area (Å²) in [5.41, 5.74) is 6.85. The SMILES string of the molecule is CC1=CC(c2ccc(C)cc2)c2ccc(Br)cc21. The molecule has 0 saturated carbocycles. The molecule has 0 aromatic heterocycles. The minimum Gasteiger partial charge on any atom is -0.0691 e. The summed E-state index contributed by atoms with van der Waals surface area (Å²) in [6, 6.07) is 15.4. The van der Waals surface area contributed by atoms with Crippen molar-refractivity contribution in [1.29, 1.82) is 0 Å². The molecule has 2 aromatic carbocycles. The van der Waals surface area contributed by atoms with E-state index in [4.69, 9.17) is 0 Å². The fourth-order valence-corrected chi connectivity index (χ4v) is 2.98. The molecule has 0 aliphatic heterocycles. The molecule has 0 bridgehead atoms. The lowest BCUT2D eigenvalue weighted by Gasteiger charge is -2.12. The third kappa shape index (κ3) is 1.93. The average molecular weight is 299 g/mol. The first-order valence-electron chi connectivity index (χ1n) is 6.20. The lowest BCUT2D eigenvalue weighted by atomic mass is 9.93. The van der Waals surface area contributed by atoms with Crippen LogP contribution in [-0.4, -0.2) is 0 Å². The van der Waals surface area contributed by atoms with Gasteiger partial charge in [-0.1, -0.05) is 57.9 Å². The number of benzene rings is 2. The Morgan fingerprint density at radius 2 is 1.67 bits per heavy atom. The van der Waals surface area contributed by atoms with E-state index in [2.05, 4.69) is 78.3 Å². The summed E-state index contributed by atoms with van der Waals surface area (Å²) < 4.78 is 1.15. The molecular weight excluding hydrogens is 284 g/mol. The van der Waals surface area contributed by atoms with Crippen molar-refractivity contribution in [3.63, 3.8) is 0 Å². The van der Waals surface area contributed by atoms with Gasteiger partial charge < -0.3 is 0 Å². The number of aryl methyl sites for hydroxylation is 1. The number of allylic oxidation sites excluding steroid dienone is 2. The van der Waals surface area contributed by atoms with Crippen LogP contribution in [0, 0.1) is 6.92 Å².